The number of anilines is 1. The maximum Gasteiger partial charge on any atom is 0.255 e. The molecule has 1 amide bonds. The van der Waals surface area contributed by atoms with Crippen LogP contribution in [0.3, 0.4) is 0 Å². The fraction of sp³-hybridized carbons (Fsp3) is 0.200. The van der Waals surface area contributed by atoms with Gasteiger partial charge in [-0.2, -0.15) is 0 Å². The molecule has 1 aromatic heterocycles. The quantitative estimate of drug-likeness (QED) is 0.425. The minimum atomic E-state index is -0.178. The second-order valence-electron chi connectivity index (χ2n) is 7.65. The van der Waals surface area contributed by atoms with Crippen molar-refractivity contribution in [3.8, 4) is 17.2 Å². The molecule has 0 aliphatic rings. The van der Waals surface area contributed by atoms with E-state index in [1.165, 1.54) is 0 Å². The highest BCUT2D eigenvalue weighted by Gasteiger charge is 2.14. The van der Waals surface area contributed by atoms with Crippen molar-refractivity contribution in [2.45, 2.75) is 20.8 Å². The molecule has 3 aromatic carbocycles. The molecule has 1 heterocycles. The summed E-state index contributed by atoms with van der Waals surface area (Å²) in [6.07, 6.45) is 0. The van der Waals surface area contributed by atoms with Crippen molar-refractivity contribution in [1.82, 2.24) is 4.98 Å². The fourth-order valence-corrected chi connectivity index (χ4v) is 3.15. The van der Waals surface area contributed by atoms with Gasteiger partial charge < -0.3 is 14.5 Å². The number of fused-ring (bicyclic) bond motifs is 1. The number of hydrogen-bond acceptors (Lipinski definition) is 4. The topological polar surface area (TPSA) is 64.4 Å². The lowest BCUT2D eigenvalue weighted by molar-refractivity contribution is 0.102. The van der Waals surface area contributed by atoms with Gasteiger partial charge in [-0.05, 0) is 66.9 Å². The molecular formula is C25H24N2O3. The van der Waals surface area contributed by atoms with Crippen LogP contribution in [0, 0.1) is 12.8 Å². The maximum atomic E-state index is 12.7. The van der Waals surface area contributed by atoms with E-state index in [2.05, 4.69) is 24.1 Å². The van der Waals surface area contributed by atoms with E-state index in [0.29, 0.717) is 24.0 Å². The molecule has 30 heavy (non-hydrogen) atoms. The van der Waals surface area contributed by atoms with Gasteiger partial charge in [0.2, 0.25) is 5.89 Å². The Bertz CT molecular complexity index is 1140. The normalized spacial score (nSPS) is 11.1. The molecule has 0 radical (unpaired) electrons. The molecule has 5 heteroatoms. The Balaban J connectivity index is 1.53. The van der Waals surface area contributed by atoms with Crippen molar-refractivity contribution in [2.75, 3.05) is 11.9 Å². The van der Waals surface area contributed by atoms with Gasteiger partial charge in [0.1, 0.15) is 11.3 Å². The Hall–Kier alpha value is -3.60. The predicted octanol–water partition coefficient (Wildman–Crippen LogP) is 6.09. The molecule has 0 bridgehead atoms. The van der Waals surface area contributed by atoms with Gasteiger partial charge >= 0.3 is 0 Å². The number of benzene rings is 3. The molecule has 0 saturated carbocycles. The van der Waals surface area contributed by atoms with E-state index in [4.69, 9.17) is 9.15 Å². The summed E-state index contributed by atoms with van der Waals surface area (Å²) in [6.45, 7) is 6.79. The number of nitrogens with zero attached hydrogens (tertiary/aromatic N) is 1. The molecule has 5 nitrogen and oxygen atoms in total. The number of para-hydroxylation sites is 2. The van der Waals surface area contributed by atoms with E-state index in [1.807, 2.05) is 61.5 Å². The van der Waals surface area contributed by atoms with Gasteiger partial charge in [0.25, 0.3) is 5.91 Å². The smallest absolute Gasteiger partial charge is 0.255 e. The molecule has 1 N–H and O–H groups in total. The first-order valence-corrected chi connectivity index (χ1v) is 10.0. The van der Waals surface area contributed by atoms with Gasteiger partial charge in [0.05, 0.1) is 6.61 Å². The highest BCUT2D eigenvalue weighted by Crippen LogP contribution is 2.30. The Labute approximate surface area is 175 Å². The molecule has 0 aliphatic carbocycles. The van der Waals surface area contributed by atoms with Crippen LogP contribution >= 0.6 is 0 Å². The first-order chi connectivity index (χ1) is 14.5. The summed E-state index contributed by atoms with van der Waals surface area (Å²) in [4.78, 5) is 17.3. The van der Waals surface area contributed by atoms with Crippen molar-refractivity contribution in [1.29, 1.82) is 0 Å². The summed E-state index contributed by atoms with van der Waals surface area (Å²) < 4.78 is 11.6. The number of aromatic nitrogens is 1. The molecule has 0 saturated heterocycles. The Morgan fingerprint density at radius 2 is 1.80 bits per heavy atom. The van der Waals surface area contributed by atoms with Crippen LogP contribution in [0.2, 0.25) is 0 Å². The largest absolute Gasteiger partial charge is 0.493 e. The zero-order valence-corrected chi connectivity index (χ0v) is 17.3. The first-order valence-electron chi connectivity index (χ1n) is 10.0. The van der Waals surface area contributed by atoms with Crippen molar-refractivity contribution in [3.63, 3.8) is 0 Å². The Morgan fingerprint density at radius 3 is 2.53 bits per heavy atom. The van der Waals surface area contributed by atoms with Crippen LogP contribution in [0.5, 0.6) is 5.75 Å². The highest BCUT2D eigenvalue weighted by atomic mass is 16.5. The van der Waals surface area contributed by atoms with Gasteiger partial charge in [-0.15, -0.1) is 0 Å². The van der Waals surface area contributed by atoms with E-state index in [0.717, 1.165) is 33.7 Å². The monoisotopic (exact) mass is 400 g/mol. The van der Waals surface area contributed by atoms with Gasteiger partial charge in [0.15, 0.2) is 5.58 Å². The number of carbonyl (C=O) groups is 1. The van der Waals surface area contributed by atoms with Crippen LogP contribution < -0.4 is 10.1 Å². The lowest BCUT2D eigenvalue weighted by atomic mass is 10.1. The van der Waals surface area contributed by atoms with E-state index in [1.54, 1.807) is 12.1 Å². The van der Waals surface area contributed by atoms with Crippen LogP contribution in [-0.2, 0) is 0 Å². The summed E-state index contributed by atoms with van der Waals surface area (Å²) >= 11 is 0. The number of oxazole rings is 1. The molecule has 152 valence electrons. The average molecular weight is 400 g/mol. The van der Waals surface area contributed by atoms with E-state index < -0.39 is 0 Å². The molecule has 4 aromatic rings. The van der Waals surface area contributed by atoms with E-state index in [-0.39, 0.29) is 5.91 Å². The van der Waals surface area contributed by atoms with Crippen LogP contribution in [-0.4, -0.2) is 17.5 Å². The number of amides is 1. The highest BCUT2D eigenvalue weighted by molar-refractivity contribution is 6.05. The van der Waals surface area contributed by atoms with Crippen molar-refractivity contribution in [2.24, 2.45) is 5.92 Å². The summed E-state index contributed by atoms with van der Waals surface area (Å²) in [5, 5.41) is 2.99. The van der Waals surface area contributed by atoms with Crippen LogP contribution in [0.1, 0.15) is 29.8 Å². The fourth-order valence-electron chi connectivity index (χ4n) is 3.15. The van der Waals surface area contributed by atoms with Gasteiger partial charge in [-0.1, -0.05) is 32.0 Å². The van der Waals surface area contributed by atoms with Gasteiger partial charge in [0, 0.05) is 16.8 Å². The second kappa shape index (κ2) is 8.41. The zero-order valence-electron chi connectivity index (χ0n) is 17.3. The predicted molar refractivity (Wildman–Crippen MR) is 119 cm³/mol. The Morgan fingerprint density at radius 1 is 1.03 bits per heavy atom. The van der Waals surface area contributed by atoms with E-state index >= 15 is 0 Å². The third-order valence-electron chi connectivity index (χ3n) is 4.81. The molecule has 0 spiro atoms. The molecular weight excluding hydrogens is 376 g/mol. The molecule has 0 unspecified atom stereocenters. The lowest BCUT2D eigenvalue weighted by Gasteiger charge is -2.12. The minimum absolute atomic E-state index is 0.178. The van der Waals surface area contributed by atoms with Crippen LogP contribution in [0.15, 0.2) is 71.1 Å². The molecule has 0 fully saturated rings. The number of hydrogen-bond donors (Lipinski definition) is 1. The average Bonchev–Trinajstić information content (AvgIpc) is 3.18. The van der Waals surface area contributed by atoms with Gasteiger partial charge in [-0.3, -0.25) is 4.79 Å². The summed E-state index contributed by atoms with van der Waals surface area (Å²) in [7, 11) is 0. The second-order valence-corrected chi connectivity index (χ2v) is 7.65. The number of carbonyl (C=O) groups excluding carboxylic acids is 1. The number of rotatable bonds is 6. The number of nitrogens with one attached hydrogen (secondary N) is 1. The minimum Gasteiger partial charge on any atom is -0.493 e. The van der Waals surface area contributed by atoms with Crippen molar-refractivity contribution in [3.05, 3.63) is 77.9 Å². The lowest BCUT2D eigenvalue weighted by Crippen LogP contribution is -2.13. The third-order valence-corrected chi connectivity index (χ3v) is 4.81. The summed E-state index contributed by atoms with van der Waals surface area (Å²) in [6, 6.07) is 20.5. The van der Waals surface area contributed by atoms with Crippen molar-refractivity contribution < 1.29 is 13.9 Å². The summed E-state index contributed by atoms with van der Waals surface area (Å²) in [5.41, 5.74) is 4.58. The SMILES string of the molecule is Cc1c(NC(=O)c2ccc(OCC(C)C)cc2)cccc1-c1nc2ccccc2o1. The molecule has 0 aliphatic heterocycles. The van der Waals surface area contributed by atoms with Crippen LogP contribution in [0.25, 0.3) is 22.6 Å². The zero-order chi connectivity index (χ0) is 21.1. The van der Waals surface area contributed by atoms with Gasteiger partial charge in [-0.25, -0.2) is 4.98 Å². The van der Waals surface area contributed by atoms with Crippen LogP contribution in [0.4, 0.5) is 5.69 Å². The summed E-state index contributed by atoms with van der Waals surface area (Å²) in [5.74, 6) is 1.57. The maximum absolute atomic E-state index is 12.7. The van der Waals surface area contributed by atoms with E-state index in [9.17, 15) is 4.79 Å². The molecule has 4 rings (SSSR count). The van der Waals surface area contributed by atoms with Crippen molar-refractivity contribution >= 4 is 22.7 Å². The Kier molecular flexibility index (Phi) is 5.53. The standard InChI is InChI=1S/C25H24N2O3/c1-16(2)15-29-19-13-11-18(12-14-19)24(28)26-21-9-6-7-20(17(21)3)25-27-22-8-4-5-10-23(22)30-25/h4-14,16H,15H2,1-3H3,(H,26,28). The third kappa shape index (κ3) is 4.20. The first kappa shape index (κ1) is 19.7. The number of ether oxygens (including phenoxy) is 1. The molecule has 0 atom stereocenters.